The molecule has 0 atom stereocenters. The zero-order valence-corrected chi connectivity index (χ0v) is 9.18. The zero-order valence-electron chi connectivity index (χ0n) is 9.18. The highest BCUT2D eigenvalue weighted by Crippen LogP contribution is 2.17. The molecule has 0 saturated carbocycles. The molecule has 0 unspecified atom stereocenters. The molecule has 0 fully saturated rings. The lowest BCUT2D eigenvalue weighted by Crippen LogP contribution is -2.07. The Labute approximate surface area is 96.4 Å². The Kier molecular flexibility index (Phi) is 3.06. The predicted octanol–water partition coefficient (Wildman–Crippen LogP) is 1.52. The second-order valence-corrected chi connectivity index (χ2v) is 3.53. The van der Waals surface area contributed by atoms with Crippen molar-refractivity contribution in [1.29, 1.82) is 0 Å². The van der Waals surface area contributed by atoms with Gasteiger partial charge in [-0.2, -0.15) is 4.39 Å². The van der Waals surface area contributed by atoms with Crippen LogP contribution in [0, 0.1) is 6.08 Å². The third-order valence-electron chi connectivity index (χ3n) is 2.47. The monoisotopic (exact) mass is 238 g/mol. The third kappa shape index (κ3) is 2.12. The molecule has 0 aliphatic rings. The van der Waals surface area contributed by atoms with Gasteiger partial charge in [-0.25, -0.2) is 9.78 Å². The molecule has 2 aromatic rings. The number of benzene rings is 1. The number of carboxylic acids is 1. The van der Waals surface area contributed by atoms with E-state index >= 15 is 0 Å². The summed E-state index contributed by atoms with van der Waals surface area (Å²) in [4.78, 5) is 14.5. The SMILES string of the molecule is COCCn1c(F)nc2ccc(C(=O)O)cc21. The van der Waals surface area contributed by atoms with Crippen LogP contribution in [0.3, 0.4) is 0 Å². The minimum absolute atomic E-state index is 0.107. The van der Waals surface area contributed by atoms with Crippen LogP contribution in [0.1, 0.15) is 10.4 Å². The molecule has 0 bridgehead atoms. The molecule has 0 saturated heterocycles. The molecule has 0 radical (unpaired) electrons. The van der Waals surface area contributed by atoms with Gasteiger partial charge in [0, 0.05) is 7.11 Å². The number of carboxylic acid groups (broad SMARTS) is 1. The second kappa shape index (κ2) is 4.50. The van der Waals surface area contributed by atoms with E-state index in [1.807, 2.05) is 0 Å². The summed E-state index contributed by atoms with van der Waals surface area (Å²) in [6.45, 7) is 0.627. The van der Waals surface area contributed by atoms with Crippen molar-refractivity contribution in [3.05, 3.63) is 29.8 Å². The number of aromatic nitrogens is 2. The van der Waals surface area contributed by atoms with E-state index in [4.69, 9.17) is 9.84 Å². The van der Waals surface area contributed by atoms with Gasteiger partial charge in [0.25, 0.3) is 6.08 Å². The predicted molar refractivity (Wildman–Crippen MR) is 58.5 cm³/mol. The summed E-state index contributed by atoms with van der Waals surface area (Å²) in [6, 6.07) is 4.30. The number of hydrogen-bond acceptors (Lipinski definition) is 3. The van der Waals surface area contributed by atoms with E-state index < -0.39 is 12.0 Å². The van der Waals surface area contributed by atoms with Crippen LogP contribution in [0.4, 0.5) is 4.39 Å². The Morgan fingerprint density at radius 3 is 3.00 bits per heavy atom. The zero-order chi connectivity index (χ0) is 12.4. The van der Waals surface area contributed by atoms with Crippen LogP contribution in [0.5, 0.6) is 0 Å². The maximum Gasteiger partial charge on any atom is 0.335 e. The molecular formula is C11H11FN2O3. The van der Waals surface area contributed by atoms with Crippen molar-refractivity contribution in [3.8, 4) is 0 Å². The van der Waals surface area contributed by atoms with Crippen LogP contribution in [-0.2, 0) is 11.3 Å². The van der Waals surface area contributed by atoms with Crippen molar-refractivity contribution in [2.45, 2.75) is 6.54 Å². The first-order chi connectivity index (χ1) is 8.13. The van der Waals surface area contributed by atoms with E-state index in [0.29, 0.717) is 24.2 Å². The minimum atomic E-state index is -1.05. The van der Waals surface area contributed by atoms with Crippen molar-refractivity contribution in [1.82, 2.24) is 9.55 Å². The van der Waals surface area contributed by atoms with E-state index in [2.05, 4.69) is 4.98 Å². The van der Waals surface area contributed by atoms with Gasteiger partial charge in [0.2, 0.25) is 0 Å². The van der Waals surface area contributed by atoms with Crippen LogP contribution < -0.4 is 0 Å². The van der Waals surface area contributed by atoms with Gasteiger partial charge in [-0.15, -0.1) is 0 Å². The summed E-state index contributed by atoms with van der Waals surface area (Å²) in [7, 11) is 1.51. The van der Waals surface area contributed by atoms with Gasteiger partial charge >= 0.3 is 5.97 Å². The van der Waals surface area contributed by atoms with Gasteiger partial charge < -0.3 is 9.84 Å². The number of rotatable bonds is 4. The fourth-order valence-electron chi connectivity index (χ4n) is 1.62. The van der Waals surface area contributed by atoms with E-state index in [1.54, 1.807) is 0 Å². The van der Waals surface area contributed by atoms with Crippen molar-refractivity contribution in [3.63, 3.8) is 0 Å². The third-order valence-corrected chi connectivity index (χ3v) is 2.47. The smallest absolute Gasteiger partial charge is 0.335 e. The number of halogens is 1. The van der Waals surface area contributed by atoms with Crippen LogP contribution in [0.2, 0.25) is 0 Å². The van der Waals surface area contributed by atoms with Crippen LogP contribution in [0.15, 0.2) is 18.2 Å². The first-order valence-electron chi connectivity index (χ1n) is 5.01. The van der Waals surface area contributed by atoms with Crippen molar-refractivity contribution in [2.24, 2.45) is 0 Å². The maximum absolute atomic E-state index is 13.5. The van der Waals surface area contributed by atoms with Crippen molar-refractivity contribution in [2.75, 3.05) is 13.7 Å². The highest BCUT2D eigenvalue weighted by atomic mass is 19.1. The minimum Gasteiger partial charge on any atom is -0.478 e. The molecule has 1 heterocycles. The van der Waals surface area contributed by atoms with E-state index in [0.717, 1.165) is 0 Å². The van der Waals surface area contributed by atoms with Crippen molar-refractivity contribution >= 4 is 17.0 Å². The normalized spacial score (nSPS) is 10.9. The lowest BCUT2D eigenvalue weighted by Gasteiger charge is -2.04. The molecule has 1 aromatic heterocycles. The molecule has 1 aromatic carbocycles. The van der Waals surface area contributed by atoms with Crippen LogP contribution >= 0.6 is 0 Å². The number of nitrogens with zero attached hydrogens (tertiary/aromatic N) is 2. The molecule has 1 N–H and O–H groups in total. The van der Waals surface area contributed by atoms with Gasteiger partial charge in [-0.05, 0) is 18.2 Å². The first-order valence-corrected chi connectivity index (χ1v) is 5.01. The summed E-state index contributed by atoms with van der Waals surface area (Å²) in [5.41, 5.74) is 0.999. The Hall–Kier alpha value is -1.95. The number of ether oxygens (including phenoxy) is 1. The molecule has 0 amide bonds. The van der Waals surface area contributed by atoms with Gasteiger partial charge in [-0.3, -0.25) is 4.57 Å². The van der Waals surface area contributed by atoms with Crippen LogP contribution in [0.25, 0.3) is 11.0 Å². The molecular weight excluding hydrogens is 227 g/mol. The Morgan fingerprint density at radius 2 is 2.35 bits per heavy atom. The number of hydrogen-bond donors (Lipinski definition) is 1. The molecule has 90 valence electrons. The number of fused-ring (bicyclic) bond motifs is 1. The van der Waals surface area contributed by atoms with E-state index in [-0.39, 0.29) is 5.56 Å². The Morgan fingerprint density at radius 1 is 1.59 bits per heavy atom. The number of methoxy groups -OCH3 is 1. The standard InChI is InChI=1S/C11H11FN2O3/c1-17-5-4-14-9-6-7(10(15)16)2-3-8(9)13-11(14)12/h2-3,6H,4-5H2,1H3,(H,15,16). The van der Waals surface area contributed by atoms with Gasteiger partial charge in [0.1, 0.15) is 0 Å². The first kappa shape index (κ1) is 11.5. The molecule has 0 aliphatic heterocycles. The summed E-state index contributed by atoms with van der Waals surface area (Å²) in [5, 5.41) is 8.87. The lowest BCUT2D eigenvalue weighted by atomic mass is 10.2. The summed E-state index contributed by atoms with van der Waals surface area (Å²) in [6.07, 6.45) is -0.639. The summed E-state index contributed by atoms with van der Waals surface area (Å²) >= 11 is 0. The molecule has 0 aliphatic carbocycles. The van der Waals surface area contributed by atoms with E-state index in [1.165, 1.54) is 29.9 Å². The van der Waals surface area contributed by atoms with Gasteiger partial charge in [0.15, 0.2) is 0 Å². The highest BCUT2D eigenvalue weighted by Gasteiger charge is 2.12. The summed E-state index contributed by atoms with van der Waals surface area (Å²) in [5.74, 6) is -1.05. The fourth-order valence-corrected chi connectivity index (χ4v) is 1.62. The Balaban J connectivity index is 2.52. The molecule has 0 spiro atoms. The second-order valence-electron chi connectivity index (χ2n) is 3.53. The van der Waals surface area contributed by atoms with Gasteiger partial charge in [-0.1, -0.05) is 0 Å². The fraction of sp³-hybridized carbons (Fsp3) is 0.273. The molecule has 17 heavy (non-hydrogen) atoms. The topological polar surface area (TPSA) is 64.4 Å². The highest BCUT2D eigenvalue weighted by molar-refractivity contribution is 5.92. The molecule has 6 heteroatoms. The average Bonchev–Trinajstić information content (AvgIpc) is 2.61. The maximum atomic E-state index is 13.5. The van der Waals surface area contributed by atoms with Gasteiger partial charge in [0.05, 0.1) is 29.7 Å². The Bertz CT molecular complexity index is 565. The van der Waals surface area contributed by atoms with E-state index in [9.17, 15) is 9.18 Å². The van der Waals surface area contributed by atoms with Crippen molar-refractivity contribution < 1.29 is 19.0 Å². The summed E-state index contributed by atoms with van der Waals surface area (Å²) < 4.78 is 19.7. The molecule has 5 nitrogen and oxygen atoms in total. The number of aromatic carboxylic acids is 1. The average molecular weight is 238 g/mol. The number of carbonyl (C=O) groups is 1. The van der Waals surface area contributed by atoms with Crippen LogP contribution in [-0.4, -0.2) is 34.3 Å². The largest absolute Gasteiger partial charge is 0.478 e. The quantitative estimate of drug-likeness (QED) is 0.877. The number of imidazole rings is 1. The molecule has 2 rings (SSSR count). The lowest BCUT2D eigenvalue weighted by molar-refractivity contribution is 0.0697.